The van der Waals surface area contributed by atoms with Crippen LogP contribution in [-0.4, -0.2) is 66.0 Å². The number of rotatable bonds is 3. The van der Waals surface area contributed by atoms with Gasteiger partial charge in [0.25, 0.3) is 5.91 Å². The van der Waals surface area contributed by atoms with Gasteiger partial charge in [0, 0.05) is 51.5 Å². The van der Waals surface area contributed by atoms with Gasteiger partial charge in [-0.3, -0.25) is 9.69 Å². The molecule has 0 aliphatic carbocycles. The zero-order valence-electron chi connectivity index (χ0n) is 14.9. The fourth-order valence-electron chi connectivity index (χ4n) is 4.11. The molecule has 26 heavy (non-hydrogen) atoms. The third kappa shape index (κ3) is 3.46. The van der Waals surface area contributed by atoms with Gasteiger partial charge in [-0.1, -0.05) is 12.1 Å². The molecular weight excluding hydrogens is 331 g/mol. The van der Waals surface area contributed by atoms with E-state index in [2.05, 4.69) is 14.8 Å². The predicted octanol–water partition coefficient (Wildman–Crippen LogP) is 2.58. The molecule has 6 heteroatoms. The standard InChI is InChI=1S/C20H25FN4O/c21-17-6-1-2-8-19(17)24-13-11-23(12-14-24)16-5-4-10-25(15-16)20(26)18-7-3-9-22-18/h1-3,6-9,16,22H,4-5,10-15H2. The van der Waals surface area contributed by atoms with E-state index in [1.807, 2.05) is 29.2 Å². The number of piperazine rings is 1. The van der Waals surface area contributed by atoms with Crippen molar-refractivity contribution >= 4 is 11.6 Å². The van der Waals surface area contributed by atoms with Crippen LogP contribution in [0.4, 0.5) is 10.1 Å². The minimum Gasteiger partial charge on any atom is -0.367 e. The van der Waals surface area contributed by atoms with Gasteiger partial charge in [0.15, 0.2) is 0 Å². The lowest BCUT2D eigenvalue weighted by molar-refractivity contribution is 0.0558. The number of nitrogens with one attached hydrogen (secondary N) is 1. The molecular formula is C20H25FN4O. The highest BCUT2D eigenvalue weighted by Gasteiger charge is 2.30. The zero-order valence-corrected chi connectivity index (χ0v) is 14.9. The molecule has 1 amide bonds. The van der Waals surface area contributed by atoms with Crippen LogP contribution in [0.2, 0.25) is 0 Å². The van der Waals surface area contributed by atoms with Crippen molar-refractivity contribution in [3.8, 4) is 0 Å². The summed E-state index contributed by atoms with van der Waals surface area (Å²) < 4.78 is 14.0. The van der Waals surface area contributed by atoms with E-state index in [-0.39, 0.29) is 11.7 Å². The summed E-state index contributed by atoms with van der Waals surface area (Å²) in [6.07, 6.45) is 3.94. The molecule has 1 atom stereocenters. The Hall–Kier alpha value is -2.34. The van der Waals surface area contributed by atoms with Crippen molar-refractivity contribution in [2.75, 3.05) is 44.2 Å². The van der Waals surface area contributed by atoms with Crippen LogP contribution in [0.25, 0.3) is 0 Å². The quantitative estimate of drug-likeness (QED) is 0.919. The van der Waals surface area contributed by atoms with Gasteiger partial charge >= 0.3 is 0 Å². The molecule has 0 saturated carbocycles. The number of para-hydroxylation sites is 1. The van der Waals surface area contributed by atoms with E-state index >= 15 is 0 Å². The number of carbonyl (C=O) groups excluding carboxylic acids is 1. The third-order valence-corrected chi connectivity index (χ3v) is 5.54. The maximum atomic E-state index is 14.0. The van der Waals surface area contributed by atoms with Crippen LogP contribution in [0, 0.1) is 5.82 Å². The monoisotopic (exact) mass is 356 g/mol. The summed E-state index contributed by atoms with van der Waals surface area (Å²) in [6, 6.07) is 11.1. The fraction of sp³-hybridized carbons (Fsp3) is 0.450. The van der Waals surface area contributed by atoms with Crippen LogP contribution >= 0.6 is 0 Å². The molecule has 0 bridgehead atoms. The van der Waals surface area contributed by atoms with Gasteiger partial charge < -0.3 is 14.8 Å². The third-order valence-electron chi connectivity index (χ3n) is 5.54. The Labute approximate surface area is 153 Å². The van der Waals surface area contributed by atoms with Gasteiger partial charge in [0.1, 0.15) is 11.5 Å². The number of aromatic nitrogens is 1. The lowest BCUT2D eigenvalue weighted by Crippen LogP contribution is -2.56. The van der Waals surface area contributed by atoms with Gasteiger partial charge in [-0.2, -0.15) is 0 Å². The predicted molar refractivity (Wildman–Crippen MR) is 99.9 cm³/mol. The second kappa shape index (κ2) is 7.50. The van der Waals surface area contributed by atoms with Crippen molar-refractivity contribution in [3.63, 3.8) is 0 Å². The summed E-state index contributed by atoms with van der Waals surface area (Å²) in [5.74, 6) is -0.0639. The topological polar surface area (TPSA) is 42.6 Å². The Morgan fingerprint density at radius 2 is 1.85 bits per heavy atom. The van der Waals surface area contributed by atoms with E-state index in [1.54, 1.807) is 12.3 Å². The molecule has 5 nitrogen and oxygen atoms in total. The van der Waals surface area contributed by atoms with Crippen molar-refractivity contribution in [2.45, 2.75) is 18.9 Å². The molecule has 1 unspecified atom stereocenters. The molecule has 2 aliphatic heterocycles. The Kier molecular flexibility index (Phi) is 4.93. The first-order chi connectivity index (χ1) is 12.7. The maximum Gasteiger partial charge on any atom is 0.270 e. The van der Waals surface area contributed by atoms with Crippen molar-refractivity contribution in [2.24, 2.45) is 0 Å². The normalized spacial score (nSPS) is 21.8. The highest BCUT2D eigenvalue weighted by atomic mass is 19.1. The SMILES string of the molecule is O=C(c1ccc[nH]1)N1CCCC(N2CCN(c3ccccc3F)CC2)C1. The molecule has 2 aliphatic rings. The summed E-state index contributed by atoms with van der Waals surface area (Å²) in [6.45, 7) is 5.05. The van der Waals surface area contributed by atoms with E-state index in [4.69, 9.17) is 0 Å². The highest BCUT2D eigenvalue weighted by Crippen LogP contribution is 2.23. The van der Waals surface area contributed by atoms with Crippen LogP contribution in [0.15, 0.2) is 42.6 Å². The molecule has 2 saturated heterocycles. The summed E-state index contributed by atoms with van der Waals surface area (Å²) in [4.78, 5) is 22.1. The number of H-pyrrole nitrogens is 1. The van der Waals surface area contributed by atoms with Crippen LogP contribution in [-0.2, 0) is 0 Å². The van der Waals surface area contributed by atoms with E-state index in [0.29, 0.717) is 17.4 Å². The van der Waals surface area contributed by atoms with E-state index in [1.165, 1.54) is 6.07 Å². The highest BCUT2D eigenvalue weighted by molar-refractivity contribution is 5.92. The first-order valence-corrected chi connectivity index (χ1v) is 9.38. The number of hydrogen-bond acceptors (Lipinski definition) is 3. The van der Waals surface area contributed by atoms with Gasteiger partial charge in [-0.15, -0.1) is 0 Å². The number of amides is 1. The fourth-order valence-corrected chi connectivity index (χ4v) is 4.11. The molecule has 4 rings (SSSR count). The number of anilines is 1. The van der Waals surface area contributed by atoms with E-state index in [9.17, 15) is 9.18 Å². The lowest BCUT2D eigenvalue weighted by atomic mass is 10.0. The maximum absolute atomic E-state index is 14.0. The van der Waals surface area contributed by atoms with E-state index in [0.717, 1.165) is 52.1 Å². The summed E-state index contributed by atoms with van der Waals surface area (Å²) in [7, 11) is 0. The van der Waals surface area contributed by atoms with Crippen LogP contribution in [0.5, 0.6) is 0 Å². The number of aromatic amines is 1. The summed E-state index contributed by atoms with van der Waals surface area (Å²) in [5, 5.41) is 0. The second-order valence-electron chi connectivity index (χ2n) is 7.11. The number of nitrogens with zero attached hydrogens (tertiary/aromatic N) is 3. The molecule has 3 heterocycles. The van der Waals surface area contributed by atoms with Gasteiger partial charge in [-0.25, -0.2) is 4.39 Å². The molecule has 2 aromatic rings. The smallest absolute Gasteiger partial charge is 0.270 e. The molecule has 138 valence electrons. The largest absolute Gasteiger partial charge is 0.367 e. The summed E-state index contributed by atoms with van der Waals surface area (Å²) in [5.41, 5.74) is 1.36. The van der Waals surface area contributed by atoms with Gasteiger partial charge in [-0.05, 0) is 37.1 Å². The number of halogens is 1. The summed E-state index contributed by atoms with van der Waals surface area (Å²) >= 11 is 0. The average Bonchev–Trinajstić information content (AvgIpc) is 3.23. The number of piperidine rings is 1. The Bertz CT molecular complexity index is 740. The number of hydrogen-bond donors (Lipinski definition) is 1. The van der Waals surface area contributed by atoms with Crippen LogP contribution in [0.1, 0.15) is 23.3 Å². The van der Waals surface area contributed by atoms with Crippen molar-refractivity contribution in [1.29, 1.82) is 0 Å². The lowest BCUT2D eigenvalue weighted by Gasteiger charge is -2.43. The molecule has 1 N–H and O–H groups in total. The van der Waals surface area contributed by atoms with E-state index < -0.39 is 0 Å². The molecule has 0 spiro atoms. The van der Waals surface area contributed by atoms with Crippen LogP contribution in [0.3, 0.4) is 0 Å². The first kappa shape index (κ1) is 17.1. The van der Waals surface area contributed by atoms with Crippen molar-refractivity contribution in [3.05, 3.63) is 54.1 Å². The van der Waals surface area contributed by atoms with Crippen molar-refractivity contribution < 1.29 is 9.18 Å². The van der Waals surface area contributed by atoms with Gasteiger partial charge in [0.05, 0.1) is 5.69 Å². The minimum absolute atomic E-state index is 0.0877. The van der Waals surface area contributed by atoms with Crippen LogP contribution < -0.4 is 4.90 Å². The Morgan fingerprint density at radius 3 is 2.58 bits per heavy atom. The van der Waals surface area contributed by atoms with Crippen molar-refractivity contribution in [1.82, 2.24) is 14.8 Å². The number of benzene rings is 1. The number of carbonyl (C=O) groups is 1. The molecule has 2 fully saturated rings. The minimum atomic E-state index is -0.152. The zero-order chi connectivity index (χ0) is 17.9. The number of likely N-dealkylation sites (tertiary alicyclic amines) is 1. The molecule has 1 aromatic carbocycles. The molecule has 0 radical (unpaired) electrons. The Balaban J connectivity index is 1.35. The first-order valence-electron chi connectivity index (χ1n) is 9.38. The molecule has 1 aromatic heterocycles. The second-order valence-corrected chi connectivity index (χ2v) is 7.11. The Morgan fingerprint density at radius 1 is 1.04 bits per heavy atom. The van der Waals surface area contributed by atoms with Gasteiger partial charge in [0.2, 0.25) is 0 Å². The average molecular weight is 356 g/mol.